The molecule has 0 aromatic carbocycles. The Labute approximate surface area is 172 Å². The molecule has 0 unspecified atom stereocenters. The van der Waals surface area contributed by atoms with E-state index in [4.69, 9.17) is 9.47 Å². The van der Waals surface area contributed by atoms with Crippen molar-refractivity contribution >= 4 is 21.6 Å². The quantitative estimate of drug-likeness (QED) is 0.665. The summed E-state index contributed by atoms with van der Waals surface area (Å²) in [5, 5.41) is 1.19. The highest BCUT2D eigenvalue weighted by atomic mass is 32.1. The van der Waals surface area contributed by atoms with Gasteiger partial charge in [0, 0.05) is 18.0 Å². The van der Waals surface area contributed by atoms with Crippen molar-refractivity contribution in [1.29, 1.82) is 0 Å². The predicted octanol–water partition coefficient (Wildman–Crippen LogP) is 4.79. The van der Waals surface area contributed by atoms with E-state index >= 15 is 0 Å². The van der Waals surface area contributed by atoms with Gasteiger partial charge in [0.1, 0.15) is 17.3 Å². The Bertz CT molecular complexity index is 794. The van der Waals surface area contributed by atoms with E-state index in [9.17, 15) is 0 Å². The molecule has 1 saturated carbocycles. The van der Waals surface area contributed by atoms with Gasteiger partial charge in [-0.15, -0.1) is 11.3 Å². The molecule has 0 aliphatic heterocycles. The molecule has 154 valence electrons. The number of thiophene rings is 1. The van der Waals surface area contributed by atoms with Crippen LogP contribution in [0.2, 0.25) is 0 Å². The van der Waals surface area contributed by atoms with Crippen molar-refractivity contribution in [3.63, 3.8) is 0 Å². The topological polar surface area (TPSA) is 47.5 Å². The maximum Gasteiger partial charge on any atom is 0.225 e. The van der Waals surface area contributed by atoms with Crippen molar-refractivity contribution in [2.45, 2.75) is 82.5 Å². The summed E-state index contributed by atoms with van der Waals surface area (Å²) >= 11 is 1.83. The summed E-state index contributed by atoms with van der Waals surface area (Å²) in [4.78, 5) is 14.1. The maximum atomic E-state index is 6.49. The third kappa shape index (κ3) is 3.91. The van der Waals surface area contributed by atoms with E-state index in [1.807, 2.05) is 18.4 Å². The van der Waals surface area contributed by atoms with E-state index in [2.05, 4.69) is 35.9 Å². The van der Waals surface area contributed by atoms with Gasteiger partial charge in [0.2, 0.25) is 5.88 Å². The number of hydrogen-bond donors (Lipinski definition) is 0. The Balaban J connectivity index is 1.57. The molecular weight excluding hydrogens is 370 g/mol. The zero-order valence-corrected chi connectivity index (χ0v) is 18.4. The third-order valence-corrected chi connectivity index (χ3v) is 7.86. The van der Waals surface area contributed by atoms with Crippen molar-refractivity contribution < 1.29 is 9.47 Å². The number of fused-ring (bicyclic) bond motifs is 3. The van der Waals surface area contributed by atoms with Crippen LogP contribution in [0.15, 0.2) is 6.33 Å². The van der Waals surface area contributed by atoms with Gasteiger partial charge in [0.05, 0.1) is 11.5 Å². The van der Waals surface area contributed by atoms with Crippen LogP contribution < -0.4 is 4.74 Å². The van der Waals surface area contributed by atoms with Gasteiger partial charge in [-0.3, -0.25) is 0 Å². The van der Waals surface area contributed by atoms with Crippen LogP contribution in [0.25, 0.3) is 10.2 Å². The first kappa shape index (κ1) is 20.0. The summed E-state index contributed by atoms with van der Waals surface area (Å²) in [7, 11) is 6.19. The number of rotatable bonds is 7. The smallest absolute Gasteiger partial charge is 0.225 e. The molecule has 2 aliphatic rings. The van der Waals surface area contributed by atoms with E-state index < -0.39 is 0 Å². The Morgan fingerprint density at radius 2 is 1.96 bits per heavy atom. The molecule has 2 aromatic rings. The van der Waals surface area contributed by atoms with Crippen LogP contribution >= 0.6 is 11.3 Å². The second kappa shape index (κ2) is 8.64. The van der Waals surface area contributed by atoms with Gasteiger partial charge in [0.15, 0.2) is 0 Å². The van der Waals surface area contributed by atoms with Crippen molar-refractivity contribution in [2.24, 2.45) is 0 Å². The van der Waals surface area contributed by atoms with Crippen LogP contribution in [-0.4, -0.2) is 54.3 Å². The lowest BCUT2D eigenvalue weighted by atomic mass is 9.92. The molecule has 2 aromatic heterocycles. The zero-order valence-electron chi connectivity index (χ0n) is 17.6. The first-order valence-corrected chi connectivity index (χ1v) is 11.5. The largest absolute Gasteiger partial charge is 0.474 e. The minimum Gasteiger partial charge on any atom is -0.474 e. The monoisotopic (exact) mass is 403 g/mol. The van der Waals surface area contributed by atoms with E-state index in [1.165, 1.54) is 35.1 Å². The molecule has 0 saturated heterocycles. The molecular formula is C22H33N3O2S. The first-order chi connectivity index (χ1) is 13.6. The molecule has 0 bridgehead atoms. The molecule has 0 radical (unpaired) electrons. The van der Waals surface area contributed by atoms with E-state index in [0.29, 0.717) is 18.1 Å². The fourth-order valence-corrected chi connectivity index (χ4v) is 6.18. The molecule has 6 heteroatoms. The first-order valence-electron chi connectivity index (χ1n) is 10.7. The van der Waals surface area contributed by atoms with Crippen LogP contribution in [0.3, 0.4) is 0 Å². The van der Waals surface area contributed by atoms with E-state index in [-0.39, 0.29) is 6.10 Å². The summed E-state index contributed by atoms with van der Waals surface area (Å²) in [6.07, 6.45) is 11.4. The summed E-state index contributed by atoms with van der Waals surface area (Å²) in [5.41, 5.74) is 1.45. The molecule has 2 atom stereocenters. The van der Waals surface area contributed by atoms with Crippen LogP contribution in [0, 0.1) is 0 Å². The van der Waals surface area contributed by atoms with Gasteiger partial charge in [-0.2, -0.15) is 0 Å². The minimum absolute atomic E-state index is 0.270. The van der Waals surface area contributed by atoms with E-state index in [0.717, 1.165) is 42.8 Å². The Morgan fingerprint density at radius 1 is 1.18 bits per heavy atom. The lowest BCUT2D eigenvalue weighted by Gasteiger charge is -2.32. The highest BCUT2D eigenvalue weighted by Crippen LogP contribution is 2.48. The predicted molar refractivity (Wildman–Crippen MR) is 115 cm³/mol. The molecule has 28 heavy (non-hydrogen) atoms. The third-order valence-electron chi connectivity index (χ3n) is 6.68. The van der Waals surface area contributed by atoms with Gasteiger partial charge < -0.3 is 14.4 Å². The van der Waals surface area contributed by atoms with Crippen molar-refractivity contribution in [2.75, 3.05) is 21.2 Å². The van der Waals surface area contributed by atoms with Gasteiger partial charge in [0.25, 0.3) is 0 Å². The fraction of sp³-hybridized carbons (Fsp3) is 0.727. The van der Waals surface area contributed by atoms with Gasteiger partial charge in [-0.1, -0.05) is 6.92 Å². The normalized spacial score (nSPS) is 26.0. The minimum atomic E-state index is 0.270. The van der Waals surface area contributed by atoms with Crippen LogP contribution in [-0.2, 0) is 11.2 Å². The van der Waals surface area contributed by atoms with Crippen molar-refractivity contribution in [1.82, 2.24) is 14.9 Å². The second-order valence-corrected chi connectivity index (χ2v) is 9.63. The van der Waals surface area contributed by atoms with Crippen molar-refractivity contribution in [3.05, 3.63) is 16.8 Å². The molecule has 1 fully saturated rings. The van der Waals surface area contributed by atoms with Crippen LogP contribution in [0.1, 0.15) is 68.2 Å². The average molecular weight is 404 g/mol. The van der Waals surface area contributed by atoms with Gasteiger partial charge in [-0.05, 0) is 76.9 Å². The number of methoxy groups -OCH3 is 1. The summed E-state index contributed by atoms with van der Waals surface area (Å²) in [6.45, 7) is 2.21. The van der Waals surface area contributed by atoms with Crippen LogP contribution in [0.4, 0.5) is 0 Å². The zero-order chi connectivity index (χ0) is 19.7. The summed E-state index contributed by atoms with van der Waals surface area (Å²) in [6, 6.07) is 0.681. The van der Waals surface area contributed by atoms with Gasteiger partial charge >= 0.3 is 0 Å². The molecule has 0 N–H and O–H groups in total. The van der Waals surface area contributed by atoms with Crippen LogP contribution in [0.5, 0.6) is 5.88 Å². The highest BCUT2D eigenvalue weighted by molar-refractivity contribution is 7.19. The standard InChI is InChI=1S/C22H33N3O2S/c1-5-16(26-4)12-14-6-11-18-19(14)20-21(23-13-24-22(20)28-18)27-17-9-7-15(8-10-17)25(2)3/h13-17H,5-12H2,1-4H3/t14-,15-,16+,17-/m1/s1. The molecule has 2 heterocycles. The summed E-state index contributed by atoms with van der Waals surface area (Å²) < 4.78 is 12.2. The Hall–Kier alpha value is -1.24. The number of aromatic nitrogens is 2. The maximum absolute atomic E-state index is 6.49. The molecule has 5 nitrogen and oxygen atoms in total. The molecule has 4 rings (SSSR count). The highest BCUT2D eigenvalue weighted by Gasteiger charge is 2.32. The number of ether oxygens (including phenoxy) is 2. The SMILES string of the molecule is CC[C@@H](C[C@H]1CCc2sc3ncnc(O[C@H]4CC[C@H](N(C)C)CC4)c3c21)OC. The number of hydrogen-bond acceptors (Lipinski definition) is 6. The lowest BCUT2D eigenvalue weighted by Crippen LogP contribution is -2.35. The number of nitrogens with zero attached hydrogens (tertiary/aromatic N) is 3. The van der Waals surface area contributed by atoms with E-state index in [1.54, 1.807) is 6.33 Å². The molecule has 0 spiro atoms. The average Bonchev–Trinajstić information content (AvgIpc) is 3.26. The number of aryl methyl sites for hydroxylation is 1. The summed E-state index contributed by atoms with van der Waals surface area (Å²) in [5.74, 6) is 1.35. The lowest BCUT2D eigenvalue weighted by molar-refractivity contribution is 0.0857. The Morgan fingerprint density at radius 3 is 2.64 bits per heavy atom. The molecule has 2 aliphatic carbocycles. The van der Waals surface area contributed by atoms with Gasteiger partial charge in [-0.25, -0.2) is 9.97 Å². The fourth-order valence-electron chi connectivity index (χ4n) is 4.95. The second-order valence-electron chi connectivity index (χ2n) is 8.55. The Kier molecular flexibility index (Phi) is 6.18. The molecule has 0 amide bonds. The van der Waals surface area contributed by atoms with Crippen molar-refractivity contribution in [3.8, 4) is 5.88 Å².